The Bertz CT molecular complexity index is 597. The van der Waals surface area contributed by atoms with Gasteiger partial charge in [0.1, 0.15) is 0 Å². The van der Waals surface area contributed by atoms with Gasteiger partial charge in [-0.1, -0.05) is 50.2 Å². The highest BCUT2D eigenvalue weighted by Crippen LogP contribution is 2.19. The molecule has 106 valence electrons. The van der Waals surface area contributed by atoms with Gasteiger partial charge in [-0.3, -0.25) is 4.79 Å². The zero-order valence-corrected chi connectivity index (χ0v) is 12.0. The number of aliphatic hydroxyl groups is 1. The predicted octanol–water partition coefficient (Wildman–Crippen LogP) is 3.12. The van der Waals surface area contributed by atoms with E-state index in [1.165, 1.54) is 0 Å². The number of carbonyl (C=O) groups excluding carboxylic acids is 1. The van der Waals surface area contributed by atoms with Crippen LogP contribution in [0, 0.1) is 0 Å². The van der Waals surface area contributed by atoms with Crippen molar-refractivity contribution in [1.29, 1.82) is 0 Å². The number of fused-ring (bicyclic) bond motifs is 1. The van der Waals surface area contributed by atoms with E-state index in [0.717, 1.165) is 10.8 Å². The molecule has 2 aromatic carbocycles. The molecule has 0 atom stereocenters. The fraction of sp³-hybridized carbons (Fsp3) is 0.353. The van der Waals surface area contributed by atoms with Crippen LogP contribution < -0.4 is 5.32 Å². The maximum absolute atomic E-state index is 12.3. The number of carbonyl (C=O) groups is 1. The molecular weight excluding hydrogens is 250 g/mol. The first-order chi connectivity index (χ1) is 9.59. The molecule has 0 aliphatic carbocycles. The van der Waals surface area contributed by atoms with Gasteiger partial charge in [-0.2, -0.15) is 0 Å². The minimum absolute atomic E-state index is 0.137. The van der Waals surface area contributed by atoms with E-state index < -0.39 is 5.60 Å². The number of benzene rings is 2. The molecule has 2 aromatic rings. The van der Waals surface area contributed by atoms with Crippen molar-refractivity contribution in [2.45, 2.75) is 32.3 Å². The van der Waals surface area contributed by atoms with Crippen molar-refractivity contribution in [2.24, 2.45) is 0 Å². The summed E-state index contributed by atoms with van der Waals surface area (Å²) in [5, 5.41) is 15.0. The summed E-state index contributed by atoms with van der Waals surface area (Å²) < 4.78 is 0. The molecule has 2 N–H and O–H groups in total. The lowest BCUT2D eigenvalue weighted by Gasteiger charge is -2.25. The second kappa shape index (κ2) is 6.06. The second-order valence-corrected chi connectivity index (χ2v) is 5.14. The summed E-state index contributed by atoms with van der Waals surface area (Å²) in [5.74, 6) is -0.137. The molecular formula is C17H21NO2. The van der Waals surface area contributed by atoms with E-state index in [2.05, 4.69) is 5.32 Å². The molecule has 0 saturated heterocycles. The van der Waals surface area contributed by atoms with E-state index in [-0.39, 0.29) is 12.5 Å². The number of nitrogens with one attached hydrogen (secondary N) is 1. The van der Waals surface area contributed by atoms with Crippen LogP contribution in [0.15, 0.2) is 42.5 Å². The van der Waals surface area contributed by atoms with Gasteiger partial charge in [0.2, 0.25) is 0 Å². The van der Waals surface area contributed by atoms with E-state index >= 15 is 0 Å². The number of rotatable bonds is 5. The van der Waals surface area contributed by atoms with Gasteiger partial charge in [-0.25, -0.2) is 0 Å². The van der Waals surface area contributed by atoms with Crippen molar-refractivity contribution in [3.63, 3.8) is 0 Å². The van der Waals surface area contributed by atoms with Gasteiger partial charge < -0.3 is 10.4 Å². The highest BCUT2D eigenvalue weighted by atomic mass is 16.3. The van der Waals surface area contributed by atoms with Crippen LogP contribution in [-0.2, 0) is 0 Å². The van der Waals surface area contributed by atoms with E-state index in [4.69, 9.17) is 0 Å². The third kappa shape index (κ3) is 2.99. The fourth-order valence-corrected chi connectivity index (χ4v) is 2.26. The Balaban J connectivity index is 2.20. The normalized spacial score (nSPS) is 11.6. The van der Waals surface area contributed by atoms with Crippen LogP contribution in [0.5, 0.6) is 0 Å². The summed E-state index contributed by atoms with van der Waals surface area (Å²) in [7, 11) is 0. The van der Waals surface area contributed by atoms with Crippen LogP contribution in [-0.4, -0.2) is 23.2 Å². The topological polar surface area (TPSA) is 49.3 Å². The molecule has 0 fully saturated rings. The first-order valence-corrected chi connectivity index (χ1v) is 7.08. The lowest BCUT2D eigenvalue weighted by molar-refractivity contribution is 0.0314. The van der Waals surface area contributed by atoms with E-state index in [1.54, 1.807) is 0 Å². The van der Waals surface area contributed by atoms with Gasteiger partial charge in [-0.15, -0.1) is 0 Å². The Morgan fingerprint density at radius 2 is 1.75 bits per heavy atom. The Morgan fingerprint density at radius 1 is 1.10 bits per heavy atom. The molecule has 1 amide bonds. The molecule has 0 aliphatic heterocycles. The number of amides is 1. The molecule has 3 nitrogen and oxygen atoms in total. The third-order valence-corrected chi connectivity index (χ3v) is 3.93. The summed E-state index contributed by atoms with van der Waals surface area (Å²) in [6.07, 6.45) is 1.25. The van der Waals surface area contributed by atoms with Crippen LogP contribution in [0.25, 0.3) is 10.8 Å². The van der Waals surface area contributed by atoms with Crippen LogP contribution in [0.4, 0.5) is 0 Å². The first-order valence-electron chi connectivity index (χ1n) is 7.08. The molecule has 0 saturated carbocycles. The molecule has 0 heterocycles. The van der Waals surface area contributed by atoms with Crippen molar-refractivity contribution in [1.82, 2.24) is 5.32 Å². The molecule has 0 radical (unpaired) electrons. The summed E-state index contributed by atoms with van der Waals surface area (Å²) >= 11 is 0. The van der Waals surface area contributed by atoms with Crippen LogP contribution >= 0.6 is 0 Å². The Labute approximate surface area is 119 Å². The van der Waals surface area contributed by atoms with E-state index in [0.29, 0.717) is 18.4 Å². The van der Waals surface area contributed by atoms with Crippen molar-refractivity contribution in [3.05, 3.63) is 48.0 Å². The zero-order chi connectivity index (χ0) is 14.6. The van der Waals surface area contributed by atoms with Crippen molar-refractivity contribution in [2.75, 3.05) is 6.54 Å². The molecule has 20 heavy (non-hydrogen) atoms. The summed E-state index contributed by atoms with van der Waals surface area (Å²) in [6, 6.07) is 13.5. The van der Waals surface area contributed by atoms with Gasteiger partial charge in [0, 0.05) is 12.1 Å². The quantitative estimate of drug-likeness (QED) is 0.877. The smallest absolute Gasteiger partial charge is 0.252 e. The molecule has 0 aromatic heterocycles. The van der Waals surface area contributed by atoms with Crippen LogP contribution in [0.2, 0.25) is 0 Å². The molecule has 0 spiro atoms. The van der Waals surface area contributed by atoms with Crippen LogP contribution in [0.1, 0.15) is 37.0 Å². The average Bonchev–Trinajstić information content (AvgIpc) is 2.51. The minimum atomic E-state index is -0.819. The van der Waals surface area contributed by atoms with E-state index in [1.807, 2.05) is 56.3 Å². The third-order valence-electron chi connectivity index (χ3n) is 3.93. The zero-order valence-electron chi connectivity index (χ0n) is 12.0. The Hall–Kier alpha value is -1.87. The van der Waals surface area contributed by atoms with Crippen LogP contribution in [0.3, 0.4) is 0 Å². The predicted molar refractivity (Wildman–Crippen MR) is 81.8 cm³/mol. The van der Waals surface area contributed by atoms with Crippen molar-refractivity contribution < 1.29 is 9.90 Å². The Morgan fingerprint density at radius 3 is 2.45 bits per heavy atom. The molecule has 2 rings (SSSR count). The number of hydrogen-bond donors (Lipinski definition) is 2. The molecule has 0 bridgehead atoms. The van der Waals surface area contributed by atoms with Gasteiger partial charge in [0.05, 0.1) is 5.60 Å². The Kier molecular flexibility index (Phi) is 4.40. The van der Waals surface area contributed by atoms with Crippen molar-refractivity contribution >= 4 is 16.7 Å². The molecule has 0 unspecified atom stereocenters. The average molecular weight is 271 g/mol. The second-order valence-electron chi connectivity index (χ2n) is 5.14. The van der Waals surface area contributed by atoms with E-state index in [9.17, 15) is 9.90 Å². The lowest BCUT2D eigenvalue weighted by Crippen LogP contribution is -2.42. The van der Waals surface area contributed by atoms with Gasteiger partial charge in [-0.05, 0) is 29.7 Å². The standard InChI is InChI=1S/C17H21NO2/c1-3-17(20,4-2)12-18-16(19)15-11-7-9-13-8-5-6-10-14(13)15/h5-11,20H,3-4,12H2,1-2H3,(H,18,19). The first kappa shape index (κ1) is 14.5. The maximum atomic E-state index is 12.3. The number of hydrogen-bond acceptors (Lipinski definition) is 2. The molecule has 3 heteroatoms. The van der Waals surface area contributed by atoms with Gasteiger partial charge in [0.25, 0.3) is 5.91 Å². The SMILES string of the molecule is CCC(O)(CC)CNC(=O)c1cccc2ccccc12. The van der Waals surface area contributed by atoms with Gasteiger partial charge in [0.15, 0.2) is 0 Å². The molecule has 0 aliphatic rings. The monoisotopic (exact) mass is 271 g/mol. The lowest BCUT2D eigenvalue weighted by atomic mass is 9.97. The summed E-state index contributed by atoms with van der Waals surface area (Å²) in [4.78, 5) is 12.3. The maximum Gasteiger partial charge on any atom is 0.252 e. The van der Waals surface area contributed by atoms with Crippen molar-refractivity contribution in [3.8, 4) is 0 Å². The largest absolute Gasteiger partial charge is 0.388 e. The minimum Gasteiger partial charge on any atom is -0.388 e. The highest BCUT2D eigenvalue weighted by Gasteiger charge is 2.23. The van der Waals surface area contributed by atoms with Gasteiger partial charge >= 0.3 is 0 Å². The summed E-state index contributed by atoms with van der Waals surface area (Å²) in [6.45, 7) is 4.13. The summed E-state index contributed by atoms with van der Waals surface area (Å²) in [5.41, 5.74) is -0.169. The highest BCUT2D eigenvalue weighted by molar-refractivity contribution is 6.07. The fourth-order valence-electron chi connectivity index (χ4n) is 2.26.